The molecule has 2 rings (SSSR count). The molecule has 102 valence electrons. The van der Waals surface area contributed by atoms with Crippen molar-refractivity contribution in [3.63, 3.8) is 0 Å². The molecule has 0 bridgehead atoms. The van der Waals surface area contributed by atoms with E-state index in [-0.39, 0.29) is 17.4 Å². The highest BCUT2D eigenvalue weighted by Gasteiger charge is 2.33. The Bertz CT molecular complexity index is 496. The van der Waals surface area contributed by atoms with E-state index in [1.807, 2.05) is 0 Å². The van der Waals surface area contributed by atoms with Crippen molar-refractivity contribution in [2.24, 2.45) is 5.92 Å². The van der Waals surface area contributed by atoms with Crippen LogP contribution in [0.5, 0.6) is 0 Å². The first kappa shape index (κ1) is 13.6. The largest absolute Gasteiger partial charge is 0.312 e. The fourth-order valence-corrected chi connectivity index (χ4v) is 2.37. The van der Waals surface area contributed by atoms with Crippen LogP contribution in [-0.2, 0) is 9.59 Å². The van der Waals surface area contributed by atoms with Gasteiger partial charge in [0.15, 0.2) is 0 Å². The Labute approximate surface area is 110 Å². The van der Waals surface area contributed by atoms with Gasteiger partial charge in [0.1, 0.15) is 17.4 Å². The van der Waals surface area contributed by atoms with Crippen molar-refractivity contribution in [2.75, 3.05) is 11.4 Å². The molecule has 0 radical (unpaired) electrons. The molecule has 1 aromatic rings. The smallest absolute Gasteiger partial charge is 0.237 e. The van der Waals surface area contributed by atoms with Crippen molar-refractivity contribution in [3.05, 3.63) is 29.8 Å². The second-order valence-electron chi connectivity index (χ2n) is 4.63. The summed E-state index contributed by atoms with van der Waals surface area (Å²) < 4.78 is 26.4. The van der Waals surface area contributed by atoms with Crippen LogP contribution < -0.4 is 4.90 Å². The van der Waals surface area contributed by atoms with E-state index in [0.717, 1.165) is 18.2 Å². The van der Waals surface area contributed by atoms with Gasteiger partial charge >= 0.3 is 0 Å². The van der Waals surface area contributed by atoms with E-state index in [2.05, 4.69) is 0 Å². The standard InChI is InChI=1S/C14H15F2NO2/c1-2-13(18)12-4-3-5-17(14(12)19)11-7-9(15)6-10(16)8-11/h6-8,12H,2-5H2,1H3/t12-/m0/s1. The lowest BCUT2D eigenvalue weighted by atomic mass is 9.91. The molecule has 3 nitrogen and oxygen atoms in total. The van der Waals surface area contributed by atoms with E-state index >= 15 is 0 Å². The molecule has 0 aliphatic carbocycles. The van der Waals surface area contributed by atoms with Crippen LogP contribution in [0, 0.1) is 17.6 Å². The fourth-order valence-electron chi connectivity index (χ4n) is 2.37. The highest BCUT2D eigenvalue weighted by Crippen LogP contribution is 2.26. The van der Waals surface area contributed by atoms with Gasteiger partial charge in [0.25, 0.3) is 0 Å². The molecular formula is C14H15F2NO2. The average Bonchev–Trinajstić information content (AvgIpc) is 2.37. The quantitative estimate of drug-likeness (QED) is 0.790. The van der Waals surface area contributed by atoms with Gasteiger partial charge in [-0.05, 0) is 25.0 Å². The van der Waals surface area contributed by atoms with E-state index in [4.69, 9.17) is 0 Å². The molecule has 0 N–H and O–H groups in total. The van der Waals surface area contributed by atoms with Gasteiger partial charge in [-0.15, -0.1) is 0 Å². The van der Waals surface area contributed by atoms with Crippen LogP contribution >= 0.6 is 0 Å². The van der Waals surface area contributed by atoms with Crippen LogP contribution in [-0.4, -0.2) is 18.2 Å². The number of hydrogen-bond donors (Lipinski definition) is 0. The highest BCUT2D eigenvalue weighted by atomic mass is 19.1. The zero-order valence-electron chi connectivity index (χ0n) is 10.7. The monoisotopic (exact) mass is 267 g/mol. The van der Waals surface area contributed by atoms with E-state index in [9.17, 15) is 18.4 Å². The molecule has 5 heteroatoms. The molecule has 1 heterocycles. The van der Waals surface area contributed by atoms with Gasteiger partial charge in [0.05, 0.1) is 5.92 Å². The van der Waals surface area contributed by atoms with Crippen LogP contribution in [0.25, 0.3) is 0 Å². The number of halogens is 2. The summed E-state index contributed by atoms with van der Waals surface area (Å²) in [6.07, 6.45) is 1.46. The first-order valence-electron chi connectivity index (χ1n) is 6.33. The maximum atomic E-state index is 13.2. The summed E-state index contributed by atoms with van der Waals surface area (Å²) in [5, 5.41) is 0. The Morgan fingerprint density at radius 2 is 1.95 bits per heavy atom. The number of ketones is 1. The molecule has 19 heavy (non-hydrogen) atoms. The third kappa shape index (κ3) is 2.80. The number of carbonyl (C=O) groups is 2. The summed E-state index contributed by atoms with van der Waals surface area (Å²) in [7, 11) is 0. The number of amides is 1. The van der Waals surface area contributed by atoms with Gasteiger partial charge in [-0.25, -0.2) is 8.78 Å². The number of piperidine rings is 1. The minimum atomic E-state index is -0.730. The predicted molar refractivity (Wildman–Crippen MR) is 66.7 cm³/mol. The second kappa shape index (κ2) is 5.47. The molecule has 1 amide bonds. The van der Waals surface area contributed by atoms with Crippen LogP contribution in [0.1, 0.15) is 26.2 Å². The van der Waals surface area contributed by atoms with Crippen molar-refractivity contribution in [1.82, 2.24) is 0 Å². The number of Topliss-reactive ketones (excluding diaryl/α,β-unsaturated/α-hetero) is 1. The minimum absolute atomic E-state index is 0.119. The summed E-state index contributed by atoms with van der Waals surface area (Å²) in [5.41, 5.74) is 0.177. The van der Waals surface area contributed by atoms with Crippen LogP contribution in [0.2, 0.25) is 0 Å². The van der Waals surface area contributed by atoms with E-state index in [1.54, 1.807) is 6.92 Å². The predicted octanol–water partition coefficient (Wildman–Crippen LogP) is 2.69. The number of carbonyl (C=O) groups excluding carboxylic acids is 2. The lowest BCUT2D eigenvalue weighted by Gasteiger charge is -2.31. The summed E-state index contributed by atoms with van der Waals surface area (Å²) in [6, 6.07) is 2.98. The summed E-state index contributed by atoms with van der Waals surface area (Å²) in [6.45, 7) is 2.09. The lowest BCUT2D eigenvalue weighted by molar-refractivity contribution is -0.133. The third-order valence-corrected chi connectivity index (χ3v) is 3.33. The first-order chi connectivity index (χ1) is 9.02. The molecule has 1 aromatic carbocycles. The molecule has 1 aliphatic heterocycles. The Morgan fingerprint density at radius 3 is 2.53 bits per heavy atom. The molecule has 0 aromatic heterocycles. The third-order valence-electron chi connectivity index (χ3n) is 3.33. The number of anilines is 1. The average molecular weight is 267 g/mol. The fraction of sp³-hybridized carbons (Fsp3) is 0.429. The molecule has 1 aliphatic rings. The molecule has 0 saturated carbocycles. The number of nitrogens with zero attached hydrogens (tertiary/aromatic N) is 1. The minimum Gasteiger partial charge on any atom is -0.312 e. The Hall–Kier alpha value is -1.78. The van der Waals surface area contributed by atoms with E-state index in [1.165, 1.54) is 4.90 Å². The maximum absolute atomic E-state index is 13.2. The van der Waals surface area contributed by atoms with Gasteiger partial charge in [-0.1, -0.05) is 6.92 Å². The summed E-state index contributed by atoms with van der Waals surface area (Å²) in [4.78, 5) is 25.2. The topological polar surface area (TPSA) is 37.4 Å². The Balaban J connectivity index is 2.29. The summed E-state index contributed by atoms with van der Waals surface area (Å²) >= 11 is 0. The van der Waals surface area contributed by atoms with Crippen LogP contribution in [0.4, 0.5) is 14.5 Å². The molecule has 0 spiro atoms. The van der Waals surface area contributed by atoms with Crippen LogP contribution in [0.15, 0.2) is 18.2 Å². The molecule has 1 fully saturated rings. The molecule has 1 saturated heterocycles. The second-order valence-corrected chi connectivity index (χ2v) is 4.63. The van der Waals surface area contributed by atoms with Crippen molar-refractivity contribution < 1.29 is 18.4 Å². The van der Waals surface area contributed by atoms with E-state index < -0.39 is 17.6 Å². The Morgan fingerprint density at radius 1 is 1.32 bits per heavy atom. The zero-order valence-corrected chi connectivity index (χ0v) is 10.7. The highest BCUT2D eigenvalue weighted by molar-refractivity contribution is 6.08. The van der Waals surface area contributed by atoms with Crippen LogP contribution in [0.3, 0.4) is 0 Å². The maximum Gasteiger partial charge on any atom is 0.237 e. The Kier molecular flexibility index (Phi) is 3.93. The van der Waals surface area contributed by atoms with Crippen molar-refractivity contribution in [1.29, 1.82) is 0 Å². The van der Waals surface area contributed by atoms with Gasteiger partial charge in [0.2, 0.25) is 5.91 Å². The summed E-state index contributed by atoms with van der Waals surface area (Å²) in [5.74, 6) is -2.61. The lowest BCUT2D eigenvalue weighted by Crippen LogP contribution is -2.44. The number of hydrogen-bond acceptors (Lipinski definition) is 2. The van der Waals surface area contributed by atoms with Crippen molar-refractivity contribution in [3.8, 4) is 0 Å². The SMILES string of the molecule is CCC(=O)[C@@H]1CCCN(c2cc(F)cc(F)c2)C1=O. The van der Waals surface area contributed by atoms with E-state index in [0.29, 0.717) is 25.8 Å². The van der Waals surface area contributed by atoms with Crippen molar-refractivity contribution in [2.45, 2.75) is 26.2 Å². The van der Waals surface area contributed by atoms with Crippen molar-refractivity contribution >= 4 is 17.4 Å². The zero-order chi connectivity index (χ0) is 14.0. The molecule has 0 unspecified atom stereocenters. The molecule has 1 atom stereocenters. The number of benzene rings is 1. The normalized spacial score (nSPS) is 19.6. The van der Waals surface area contributed by atoms with Gasteiger partial charge in [0, 0.05) is 24.7 Å². The van der Waals surface area contributed by atoms with Gasteiger partial charge < -0.3 is 4.90 Å². The number of rotatable bonds is 3. The van der Waals surface area contributed by atoms with Gasteiger partial charge in [-0.2, -0.15) is 0 Å². The molecular weight excluding hydrogens is 252 g/mol. The first-order valence-corrected chi connectivity index (χ1v) is 6.33. The van der Waals surface area contributed by atoms with Gasteiger partial charge in [-0.3, -0.25) is 9.59 Å².